The van der Waals surface area contributed by atoms with Crippen LogP contribution in [0.2, 0.25) is 10.0 Å². The molecule has 0 saturated heterocycles. The molecule has 4 aromatic rings. The molecule has 1 atom stereocenters. The molecule has 7 nitrogen and oxygen atoms in total. The van der Waals surface area contributed by atoms with E-state index in [9.17, 15) is 9.90 Å². The van der Waals surface area contributed by atoms with E-state index < -0.39 is 6.04 Å². The van der Waals surface area contributed by atoms with Gasteiger partial charge in [-0.3, -0.25) is 4.79 Å². The lowest BCUT2D eigenvalue weighted by Crippen LogP contribution is -2.31. The van der Waals surface area contributed by atoms with Gasteiger partial charge >= 0.3 is 0 Å². The van der Waals surface area contributed by atoms with Crippen LogP contribution >= 0.6 is 23.2 Å². The zero-order chi connectivity index (χ0) is 24.2. The standard InChI is InChI=1S/C25H23Cl2N5O2/c1-14-8-19(27)6-7-20(14)31-25-29-11-15(2)23(32-25)17-10-21(28-12-17)24(34)30-22(13-33)16-4-3-5-18(26)9-16/h3-12,22,28,33H,13H2,1-2H3,(H,30,34)(H,29,31,32)/t22-/m1/s1. The Morgan fingerprint density at radius 1 is 1.09 bits per heavy atom. The zero-order valence-corrected chi connectivity index (χ0v) is 20.1. The van der Waals surface area contributed by atoms with Crippen LogP contribution in [0.3, 0.4) is 0 Å². The Morgan fingerprint density at radius 2 is 1.88 bits per heavy atom. The first-order chi connectivity index (χ1) is 16.3. The first-order valence-corrected chi connectivity index (χ1v) is 11.3. The van der Waals surface area contributed by atoms with Crippen LogP contribution < -0.4 is 10.6 Å². The number of H-pyrrole nitrogens is 1. The number of anilines is 2. The van der Waals surface area contributed by atoms with Crippen LogP contribution in [0.5, 0.6) is 0 Å². The Hall–Kier alpha value is -3.39. The zero-order valence-electron chi connectivity index (χ0n) is 18.6. The summed E-state index contributed by atoms with van der Waals surface area (Å²) in [5.74, 6) is 0.0756. The molecule has 0 bridgehead atoms. The number of aryl methyl sites for hydroxylation is 2. The third kappa shape index (κ3) is 5.39. The van der Waals surface area contributed by atoms with Crippen molar-refractivity contribution in [2.24, 2.45) is 0 Å². The number of rotatable bonds is 7. The summed E-state index contributed by atoms with van der Waals surface area (Å²) in [4.78, 5) is 24.8. The quantitative estimate of drug-likeness (QED) is 0.267. The van der Waals surface area contributed by atoms with Crippen LogP contribution in [0.15, 0.2) is 60.9 Å². The minimum absolute atomic E-state index is 0.260. The summed E-state index contributed by atoms with van der Waals surface area (Å²) in [7, 11) is 0. The maximum absolute atomic E-state index is 12.8. The lowest BCUT2D eigenvalue weighted by molar-refractivity contribution is 0.0911. The molecular weight excluding hydrogens is 473 g/mol. The molecule has 0 saturated carbocycles. The van der Waals surface area contributed by atoms with Crippen LogP contribution in [0.1, 0.15) is 33.2 Å². The molecule has 34 heavy (non-hydrogen) atoms. The van der Waals surface area contributed by atoms with E-state index >= 15 is 0 Å². The van der Waals surface area contributed by atoms with Gasteiger partial charge in [0.2, 0.25) is 5.95 Å². The van der Waals surface area contributed by atoms with Crippen LogP contribution in [0.4, 0.5) is 11.6 Å². The van der Waals surface area contributed by atoms with Gasteiger partial charge in [0.05, 0.1) is 18.3 Å². The van der Waals surface area contributed by atoms with Crippen molar-refractivity contribution in [1.82, 2.24) is 20.3 Å². The molecule has 9 heteroatoms. The number of aromatic amines is 1. The van der Waals surface area contributed by atoms with Crippen molar-refractivity contribution in [3.63, 3.8) is 0 Å². The van der Waals surface area contributed by atoms with E-state index in [0.29, 0.717) is 27.4 Å². The van der Waals surface area contributed by atoms with Gasteiger partial charge in [0.1, 0.15) is 5.69 Å². The summed E-state index contributed by atoms with van der Waals surface area (Å²) in [5, 5.41) is 17.0. The molecule has 2 aromatic carbocycles. The Kier molecular flexibility index (Phi) is 7.17. The second-order valence-corrected chi connectivity index (χ2v) is 8.75. The fraction of sp³-hybridized carbons (Fsp3) is 0.160. The van der Waals surface area contributed by atoms with Gasteiger partial charge in [-0.1, -0.05) is 35.3 Å². The van der Waals surface area contributed by atoms with Crippen molar-refractivity contribution in [3.8, 4) is 11.3 Å². The molecule has 0 aliphatic heterocycles. The summed E-state index contributed by atoms with van der Waals surface area (Å²) in [6, 6.07) is 13.7. The molecule has 0 aliphatic rings. The summed E-state index contributed by atoms with van der Waals surface area (Å²) in [6.45, 7) is 3.59. The second-order valence-electron chi connectivity index (χ2n) is 7.88. The second kappa shape index (κ2) is 10.3. The number of halogens is 2. The Balaban J connectivity index is 1.54. The van der Waals surface area contributed by atoms with Gasteiger partial charge in [-0.15, -0.1) is 0 Å². The molecule has 0 radical (unpaired) electrons. The maximum Gasteiger partial charge on any atom is 0.268 e. The SMILES string of the molecule is Cc1cc(Cl)ccc1Nc1ncc(C)c(-c2c[nH]c(C(=O)N[C@H](CO)c3cccc(Cl)c3)c2)n1. The number of carbonyl (C=O) groups is 1. The highest BCUT2D eigenvalue weighted by Crippen LogP contribution is 2.26. The number of aliphatic hydroxyl groups excluding tert-OH is 1. The number of carbonyl (C=O) groups excluding carboxylic acids is 1. The van der Waals surface area contributed by atoms with E-state index in [2.05, 4.69) is 25.6 Å². The Labute approximate surface area is 207 Å². The summed E-state index contributed by atoms with van der Waals surface area (Å²) in [5.41, 5.74) is 5.17. The highest BCUT2D eigenvalue weighted by atomic mass is 35.5. The molecule has 174 valence electrons. The number of nitrogens with zero attached hydrogens (tertiary/aromatic N) is 2. The topological polar surface area (TPSA) is 103 Å². The van der Waals surface area contributed by atoms with Gasteiger partial charge in [-0.05, 0) is 66.9 Å². The average Bonchev–Trinajstić information content (AvgIpc) is 3.30. The van der Waals surface area contributed by atoms with E-state index in [1.807, 2.05) is 26.0 Å². The lowest BCUT2D eigenvalue weighted by atomic mass is 10.1. The van der Waals surface area contributed by atoms with Gasteiger partial charge in [0, 0.05) is 33.7 Å². The van der Waals surface area contributed by atoms with E-state index in [-0.39, 0.29) is 12.5 Å². The Morgan fingerprint density at radius 3 is 2.62 bits per heavy atom. The van der Waals surface area contributed by atoms with E-state index in [4.69, 9.17) is 23.2 Å². The number of amides is 1. The van der Waals surface area contributed by atoms with Crippen molar-refractivity contribution >= 4 is 40.7 Å². The van der Waals surface area contributed by atoms with E-state index in [0.717, 1.165) is 27.9 Å². The normalized spacial score (nSPS) is 11.8. The van der Waals surface area contributed by atoms with Crippen LogP contribution in [-0.4, -0.2) is 32.6 Å². The molecule has 0 aliphatic carbocycles. The van der Waals surface area contributed by atoms with Crippen molar-refractivity contribution in [2.45, 2.75) is 19.9 Å². The molecule has 2 heterocycles. The molecule has 2 aromatic heterocycles. The van der Waals surface area contributed by atoms with Crippen LogP contribution in [-0.2, 0) is 0 Å². The molecule has 1 amide bonds. The predicted molar refractivity (Wildman–Crippen MR) is 135 cm³/mol. The highest BCUT2D eigenvalue weighted by molar-refractivity contribution is 6.31. The molecule has 0 spiro atoms. The van der Waals surface area contributed by atoms with Gasteiger partial charge in [0.25, 0.3) is 5.91 Å². The summed E-state index contributed by atoms with van der Waals surface area (Å²) in [6.07, 6.45) is 3.44. The number of nitrogens with one attached hydrogen (secondary N) is 3. The molecule has 4 N–H and O–H groups in total. The van der Waals surface area contributed by atoms with Crippen molar-refractivity contribution in [2.75, 3.05) is 11.9 Å². The fourth-order valence-electron chi connectivity index (χ4n) is 3.54. The maximum atomic E-state index is 12.8. The largest absolute Gasteiger partial charge is 0.394 e. The first-order valence-electron chi connectivity index (χ1n) is 10.6. The van der Waals surface area contributed by atoms with E-state index in [1.165, 1.54) is 0 Å². The van der Waals surface area contributed by atoms with Crippen LogP contribution in [0, 0.1) is 13.8 Å². The molecule has 0 fully saturated rings. The van der Waals surface area contributed by atoms with Gasteiger partial charge < -0.3 is 20.7 Å². The minimum Gasteiger partial charge on any atom is -0.394 e. The third-order valence-corrected chi connectivity index (χ3v) is 5.82. The number of hydrogen-bond acceptors (Lipinski definition) is 5. The van der Waals surface area contributed by atoms with Crippen molar-refractivity contribution in [1.29, 1.82) is 0 Å². The average molecular weight is 496 g/mol. The van der Waals surface area contributed by atoms with Gasteiger partial charge in [-0.25, -0.2) is 9.97 Å². The summed E-state index contributed by atoms with van der Waals surface area (Å²) >= 11 is 12.1. The molecular formula is C25H23Cl2N5O2. The monoisotopic (exact) mass is 495 g/mol. The number of hydrogen-bond donors (Lipinski definition) is 4. The predicted octanol–water partition coefficient (Wildman–Crippen LogP) is 5.60. The summed E-state index contributed by atoms with van der Waals surface area (Å²) < 4.78 is 0. The minimum atomic E-state index is -0.586. The van der Waals surface area contributed by atoms with Gasteiger partial charge in [-0.2, -0.15) is 0 Å². The van der Waals surface area contributed by atoms with Crippen molar-refractivity contribution in [3.05, 3.63) is 93.4 Å². The highest BCUT2D eigenvalue weighted by Gasteiger charge is 2.18. The Bertz CT molecular complexity index is 1340. The first kappa shape index (κ1) is 23.8. The van der Waals surface area contributed by atoms with E-state index in [1.54, 1.807) is 48.8 Å². The number of aromatic nitrogens is 3. The smallest absolute Gasteiger partial charge is 0.268 e. The lowest BCUT2D eigenvalue weighted by Gasteiger charge is -2.16. The molecule has 0 unspecified atom stereocenters. The molecule has 4 rings (SSSR count). The number of benzene rings is 2. The van der Waals surface area contributed by atoms with Crippen LogP contribution in [0.25, 0.3) is 11.3 Å². The van der Waals surface area contributed by atoms with Gasteiger partial charge in [0.15, 0.2) is 0 Å². The van der Waals surface area contributed by atoms with Crippen molar-refractivity contribution < 1.29 is 9.90 Å². The number of aliphatic hydroxyl groups is 1. The fourth-order valence-corrected chi connectivity index (χ4v) is 3.96. The third-order valence-electron chi connectivity index (χ3n) is 5.35.